The molecular formula is C34H74N4. The molecule has 0 saturated carbocycles. The molecule has 0 saturated heterocycles. The Morgan fingerprint density at radius 3 is 1.16 bits per heavy atom. The molecule has 0 radical (unpaired) electrons. The van der Waals surface area contributed by atoms with Gasteiger partial charge in [-0.3, -0.25) is 0 Å². The Hall–Kier alpha value is -0.160. The van der Waals surface area contributed by atoms with E-state index in [0.717, 1.165) is 19.4 Å². The Morgan fingerprint density at radius 2 is 0.737 bits per heavy atom. The van der Waals surface area contributed by atoms with Crippen LogP contribution in [-0.2, 0) is 0 Å². The third kappa shape index (κ3) is 32.1. The van der Waals surface area contributed by atoms with Gasteiger partial charge in [0.05, 0.1) is 6.17 Å². The molecule has 0 aromatic rings. The summed E-state index contributed by atoms with van der Waals surface area (Å²) in [5.74, 6) is 0. The van der Waals surface area contributed by atoms with Crippen molar-refractivity contribution in [1.29, 1.82) is 0 Å². The second kappa shape index (κ2) is 33.0. The van der Waals surface area contributed by atoms with Gasteiger partial charge in [-0.05, 0) is 71.2 Å². The van der Waals surface area contributed by atoms with Crippen LogP contribution < -0.4 is 16.8 Å². The second-order valence-corrected chi connectivity index (χ2v) is 12.2. The van der Waals surface area contributed by atoms with Gasteiger partial charge in [0.1, 0.15) is 0 Å². The molecule has 0 spiro atoms. The van der Waals surface area contributed by atoms with Crippen LogP contribution in [0.15, 0.2) is 0 Å². The Morgan fingerprint density at radius 1 is 0.421 bits per heavy atom. The zero-order valence-electron chi connectivity index (χ0n) is 26.6. The van der Waals surface area contributed by atoms with E-state index in [1.54, 1.807) is 0 Å². The maximum atomic E-state index is 5.78. The van der Waals surface area contributed by atoms with Crippen molar-refractivity contribution in [3.8, 4) is 0 Å². The molecule has 5 N–H and O–H groups in total. The lowest BCUT2D eigenvalue weighted by Gasteiger charge is -2.23. The molecule has 0 aliphatic rings. The van der Waals surface area contributed by atoms with Gasteiger partial charge in [0, 0.05) is 0 Å². The molecule has 0 atom stereocenters. The van der Waals surface area contributed by atoms with Crippen molar-refractivity contribution >= 4 is 0 Å². The molecule has 0 bridgehead atoms. The summed E-state index contributed by atoms with van der Waals surface area (Å²) in [5, 5.41) is 3.69. The number of rotatable bonds is 33. The van der Waals surface area contributed by atoms with Gasteiger partial charge in [0.2, 0.25) is 0 Å². The minimum absolute atomic E-state index is 0.154. The molecule has 0 aliphatic heterocycles. The highest BCUT2D eigenvalue weighted by Gasteiger charge is 2.06. The molecule has 0 amide bonds. The van der Waals surface area contributed by atoms with Gasteiger partial charge in [0.25, 0.3) is 0 Å². The van der Waals surface area contributed by atoms with Crippen molar-refractivity contribution in [2.24, 2.45) is 11.5 Å². The first-order valence-electron chi connectivity index (χ1n) is 17.6. The molecule has 230 valence electrons. The highest BCUT2D eigenvalue weighted by atomic mass is 15.1. The zero-order valence-corrected chi connectivity index (χ0v) is 26.6. The van der Waals surface area contributed by atoms with Crippen LogP contribution in [-0.4, -0.2) is 43.8 Å². The van der Waals surface area contributed by atoms with Crippen LogP contribution in [0.5, 0.6) is 0 Å². The predicted molar refractivity (Wildman–Crippen MR) is 173 cm³/mol. The SMILES string of the molecule is CCCCCCCCCCCCCCNCCCCN(CCCCCCCCCCCC)CCCC(N)N. The van der Waals surface area contributed by atoms with E-state index in [0.29, 0.717) is 0 Å². The summed E-state index contributed by atoms with van der Waals surface area (Å²) in [6, 6.07) is 0. The molecule has 0 rings (SSSR count). The first-order chi connectivity index (χ1) is 18.7. The van der Waals surface area contributed by atoms with Crippen LogP contribution >= 0.6 is 0 Å². The molecule has 0 aliphatic carbocycles. The van der Waals surface area contributed by atoms with E-state index in [4.69, 9.17) is 11.5 Å². The standard InChI is InChI=1S/C34H74N4/c1-3-5-7-9-11-13-15-16-17-19-21-23-29-37-30-24-26-32-38(33-27-28-34(35)36)31-25-22-20-18-14-12-10-8-6-4-2/h34,37H,3-33,35-36H2,1-2H3. The number of nitrogens with zero attached hydrogens (tertiary/aromatic N) is 1. The van der Waals surface area contributed by atoms with E-state index >= 15 is 0 Å². The minimum atomic E-state index is -0.154. The van der Waals surface area contributed by atoms with Crippen molar-refractivity contribution in [3.63, 3.8) is 0 Å². The summed E-state index contributed by atoms with van der Waals surface area (Å²) in [6.45, 7) is 10.6. The summed E-state index contributed by atoms with van der Waals surface area (Å²) in [6.07, 6.45) is 35.8. The number of unbranched alkanes of at least 4 members (excludes halogenated alkanes) is 21. The summed E-state index contributed by atoms with van der Waals surface area (Å²) in [7, 11) is 0. The van der Waals surface area contributed by atoms with Crippen molar-refractivity contribution in [2.75, 3.05) is 32.7 Å². The predicted octanol–water partition coefficient (Wildman–Crippen LogP) is 9.30. The third-order valence-corrected chi connectivity index (χ3v) is 8.12. The lowest BCUT2D eigenvalue weighted by atomic mass is 10.1. The number of nitrogens with two attached hydrogens (primary N) is 2. The van der Waals surface area contributed by atoms with Gasteiger partial charge in [0.15, 0.2) is 0 Å². The molecule has 0 unspecified atom stereocenters. The summed E-state index contributed by atoms with van der Waals surface area (Å²) in [4.78, 5) is 2.68. The van der Waals surface area contributed by atoms with Crippen LogP contribution in [0.4, 0.5) is 0 Å². The molecule has 0 fully saturated rings. The number of nitrogens with one attached hydrogen (secondary N) is 1. The van der Waals surface area contributed by atoms with Gasteiger partial charge in [-0.15, -0.1) is 0 Å². The normalized spacial score (nSPS) is 11.8. The molecule has 0 aromatic carbocycles. The van der Waals surface area contributed by atoms with Crippen molar-refractivity contribution in [2.45, 2.75) is 187 Å². The van der Waals surface area contributed by atoms with E-state index < -0.39 is 0 Å². The highest BCUT2D eigenvalue weighted by molar-refractivity contribution is 4.62. The molecule has 0 heterocycles. The minimum Gasteiger partial charge on any atom is -0.317 e. The average Bonchev–Trinajstić information content (AvgIpc) is 2.90. The van der Waals surface area contributed by atoms with Gasteiger partial charge < -0.3 is 21.7 Å². The Bertz CT molecular complexity index is 415. The molecule has 4 nitrogen and oxygen atoms in total. The fourth-order valence-corrected chi connectivity index (χ4v) is 5.51. The quantitative estimate of drug-likeness (QED) is 0.0575. The molecule has 4 heteroatoms. The lowest BCUT2D eigenvalue weighted by Crippen LogP contribution is -2.33. The van der Waals surface area contributed by atoms with E-state index in [2.05, 4.69) is 24.1 Å². The molecule has 38 heavy (non-hydrogen) atoms. The summed E-state index contributed by atoms with van der Waals surface area (Å²) >= 11 is 0. The smallest absolute Gasteiger partial charge is 0.0521 e. The molecular weight excluding hydrogens is 464 g/mol. The number of hydrogen-bond acceptors (Lipinski definition) is 4. The topological polar surface area (TPSA) is 67.3 Å². The third-order valence-electron chi connectivity index (χ3n) is 8.12. The maximum Gasteiger partial charge on any atom is 0.0521 e. The Balaban J connectivity index is 3.60. The van der Waals surface area contributed by atoms with E-state index in [-0.39, 0.29) is 6.17 Å². The fourth-order valence-electron chi connectivity index (χ4n) is 5.51. The first-order valence-corrected chi connectivity index (χ1v) is 17.6. The van der Waals surface area contributed by atoms with Crippen LogP contribution in [0.1, 0.15) is 181 Å². The first kappa shape index (κ1) is 37.8. The van der Waals surface area contributed by atoms with Gasteiger partial charge in [-0.2, -0.15) is 0 Å². The van der Waals surface area contributed by atoms with Crippen LogP contribution in [0.2, 0.25) is 0 Å². The van der Waals surface area contributed by atoms with Gasteiger partial charge in [-0.1, -0.05) is 142 Å². The van der Waals surface area contributed by atoms with Crippen molar-refractivity contribution in [1.82, 2.24) is 10.2 Å². The van der Waals surface area contributed by atoms with E-state index in [1.807, 2.05) is 0 Å². The van der Waals surface area contributed by atoms with Crippen LogP contribution in [0, 0.1) is 0 Å². The van der Waals surface area contributed by atoms with E-state index in [1.165, 1.54) is 180 Å². The number of hydrogen-bond donors (Lipinski definition) is 3. The fraction of sp³-hybridized carbons (Fsp3) is 1.00. The highest BCUT2D eigenvalue weighted by Crippen LogP contribution is 2.13. The van der Waals surface area contributed by atoms with Crippen LogP contribution in [0.25, 0.3) is 0 Å². The van der Waals surface area contributed by atoms with E-state index in [9.17, 15) is 0 Å². The second-order valence-electron chi connectivity index (χ2n) is 12.2. The van der Waals surface area contributed by atoms with Gasteiger partial charge in [-0.25, -0.2) is 0 Å². The maximum absolute atomic E-state index is 5.78. The average molecular weight is 539 g/mol. The van der Waals surface area contributed by atoms with Crippen molar-refractivity contribution < 1.29 is 0 Å². The van der Waals surface area contributed by atoms with Crippen molar-refractivity contribution in [3.05, 3.63) is 0 Å². The zero-order chi connectivity index (χ0) is 27.8. The lowest BCUT2D eigenvalue weighted by molar-refractivity contribution is 0.253. The summed E-state index contributed by atoms with van der Waals surface area (Å²) < 4.78 is 0. The Kier molecular flexibility index (Phi) is 32.9. The summed E-state index contributed by atoms with van der Waals surface area (Å²) in [5.41, 5.74) is 11.6. The Labute approximate surface area is 241 Å². The monoisotopic (exact) mass is 539 g/mol. The van der Waals surface area contributed by atoms with Crippen LogP contribution in [0.3, 0.4) is 0 Å². The van der Waals surface area contributed by atoms with Gasteiger partial charge >= 0.3 is 0 Å². The molecule has 0 aromatic heterocycles. The largest absolute Gasteiger partial charge is 0.317 e.